The van der Waals surface area contributed by atoms with Gasteiger partial charge in [-0.2, -0.15) is 11.8 Å². The number of thioether (sulfide) groups is 1. The van der Waals surface area contributed by atoms with Crippen LogP contribution < -0.4 is 5.32 Å². The number of rotatable bonds is 5. The highest BCUT2D eigenvalue weighted by molar-refractivity contribution is 7.98. The first-order valence-electron chi connectivity index (χ1n) is 6.21. The van der Waals surface area contributed by atoms with Crippen molar-refractivity contribution >= 4 is 34.8 Å². The lowest BCUT2D eigenvalue weighted by Gasteiger charge is -2.15. The van der Waals surface area contributed by atoms with Gasteiger partial charge in [0.25, 0.3) is 5.91 Å². The number of pyridine rings is 1. The fourth-order valence-corrected chi connectivity index (χ4v) is 2.41. The molecule has 1 N–H and O–H groups in total. The van der Waals surface area contributed by atoms with E-state index in [2.05, 4.69) is 20.0 Å². The maximum Gasteiger partial charge on any atom is 0.329 e. The highest BCUT2D eigenvalue weighted by Crippen LogP contribution is 2.11. The molecule has 0 aliphatic heterocycles. The molecule has 8 heteroatoms. The van der Waals surface area contributed by atoms with Gasteiger partial charge in [-0.15, -0.1) is 0 Å². The van der Waals surface area contributed by atoms with Crippen LogP contribution in [0.2, 0.25) is 0 Å². The SMILES string of the molecule is COC(=O)[C@H](CSC)NC(=O)c1cnc2c(c1)ncn2C. The van der Waals surface area contributed by atoms with Gasteiger partial charge >= 0.3 is 5.97 Å². The molecule has 1 atom stereocenters. The van der Waals surface area contributed by atoms with Crippen molar-refractivity contribution in [3.8, 4) is 0 Å². The number of hydrogen-bond acceptors (Lipinski definition) is 6. The smallest absolute Gasteiger partial charge is 0.329 e. The molecule has 2 aromatic rings. The zero-order chi connectivity index (χ0) is 15.4. The van der Waals surface area contributed by atoms with Gasteiger partial charge in [-0.05, 0) is 12.3 Å². The quantitative estimate of drug-likeness (QED) is 0.814. The van der Waals surface area contributed by atoms with Crippen molar-refractivity contribution in [3.63, 3.8) is 0 Å². The monoisotopic (exact) mass is 308 g/mol. The summed E-state index contributed by atoms with van der Waals surface area (Å²) in [7, 11) is 3.12. The van der Waals surface area contributed by atoms with E-state index < -0.39 is 12.0 Å². The van der Waals surface area contributed by atoms with E-state index in [1.807, 2.05) is 13.3 Å². The third-order valence-electron chi connectivity index (χ3n) is 2.94. The number of ether oxygens (including phenoxy) is 1. The van der Waals surface area contributed by atoms with E-state index in [-0.39, 0.29) is 5.91 Å². The topological polar surface area (TPSA) is 86.1 Å². The number of fused-ring (bicyclic) bond motifs is 1. The Morgan fingerprint density at radius 1 is 1.48 bits per heavy atom. The highest BCUT2D eigenvalue weighted by Gasteiger charge is 2.22. The number of carbonyl (C=O) groups is 2. The molecule has 0 unspecified atom stereocenters. The van der Waals surface area contributed by atoms with E-state index in [9.17, 15) is 9.59 Å². The van der Waals surface area contributed by atoms with E-state index in [4.69, 9.17) is 0 Å². The number of carbonyl (C=O) groups excluding carboxylic acids is 2. The molecule has 0 aromatic carbocycles. The summed E-state index contributed by atoms with van der Waals surface area (Å²) in [6, 6.07) is 0.961. The summed E-state index contributed by atoms with van der Waals surface area (Å²) in [4.78, 5) is 32.2. The first-order chi connectivity index (χ1) is 10.1. The second-order valence-electron chi connectivity index (χ2n) is 4.43. The first-order valence-corrected chi connectivity index (χ1v) is 7.61. The molecule has 2 aromatic heterocycles. The minimum absolute atomic E-state index is 0.358. The normalized spacial score (nSPS) is 12.1. The second-order valence-corrected chi connectivity index (χ2v) is 5.34. The fraction of sp³-hybridized carbons (Fsp3) is 0.385. The van der Waals surface area contributed by atoms with Gasteiger partial charge in [0.05, 0.1) is 19.0 Å². The number of imidazole rings is 1. The number of nitrogens with one attached hydrogen (secondary N) is 1. The van der Waals surface area contributed by atoms with E-state index in [0.717, 1.165) is 0 Å². The second kappa shape index (κ2) is 6.57. The predicted molar refractivity (Wildman–Crippen MR) is 80.2 cm³/mol. The number of amides is 1. The average Bonchev–Trinajstić information content (AvgIpc) is 2.86. The molecular weight excluding hydrogens is 292 g/mol. The summed E-state index contributed by atoms with van der Waals surface area (Å²) >= 11 is 1.45. The third kappa shape index (κ3) is 3.33. The number of hydrogen-bond donors (Lipinski definition) is 1. The van der Waals surface area contributed by atoms with Crippen molar-refractivity contribution < 1.29 is 14.3 Å². The Morgan fingerprint density at radius 2 is 2.24 bits per heavy atom. The molecule has 2 heterocycles. The van der Waals surface area contributed by atoms with E-state index in [1.165, 1.54) is 25.1 Å². The lowest BCUT2D eigenvalue weighted by Crippen LogP contribution is -2.43. The van der Waals surface area contributed by atoms with Gasteiger partial charge in [-0.25, -0.2) is 14.8 Å². The standard InChI is InChI=1S/C13H16N4O3S/c1-17-7-15-9-4-8(5-14-11(9)17)12(18)16-10(6-21-3)13(19)20-2/h4-5,7,10H,6H2,1-3H3,(H,16,18)/t10-/m0/s1. The Balaban J connectivity index is 2.18. The van der Waals surface area contributed by atoms with E-state index >= 15 is 0 Å². The number of aryl methyl sites for hydroxylation is 1. The molecule has 112 valence electrons. The summed E-state index contributed by atoms with van der Waals surface area (Å²) < 4.78 is 6.44. The lowest BCUT2D eigenvalue weighted by molar-refractivity contribution is -0.142. The van der Waals surface area contributed by atoms with Crippen LogP contribution in [-0.4, -0.2) is 51.6 Å². The summed E-state index contributed by atoms with van der Waals surface area (Å²) in [5, 5.41) is 2.65. The molecule has 0 bridgehead atoms. The number of aromatic nitrogens is 3. The van der Waals surface area contributed by atoms with Crippen LogP contribution in [0.15, 0.2) is 18.6 Å². The number of nitrogens with zero attached hydrogens (tertiary/aromatic N) is 3. The molecule has 0 radical (unpaired) electrons. The van der Waals surface area contributed by atoms with Crippen LogP contribution >= 0.6 is 11.8 Å². The van der Waals surface area contributed by atoms with Crippen molar-refractivity contribution in [3.05, 3.63) is 24.2 Å². The summed E-state index contributed by atoms with van der Waals surface area (Å²) in [5.74, 6) is -0.401. The third-order valence-corrected chi connectivity index (χ3v) is 3.60. The van der Waals surface area contributed by atoms with Crippen molar-refractivity contribution in [2.24, 2.45) is 7.05 Å². The van der Waals surface area contributed by atoms with Crippen molar-refractivity contribution in [2.45, 2.75) is 6.04 Å². The maximum atomic E-state index is 12.2. The lowest BCUT2D eigenvalue weighted by atomic mass is 10.2. The molecule has 7 nitrogen and oxygen atoms in total. The molecule has 0 spiro atoms. The van der Waals surface area contributed by atoms with Crippen LogP contribution in [0.25, 0.3) is 11.2 Å². The van der Waals surface area contributed by atoms with Crippen molar-refractivity contribution in [2.75, 3.05) is 19.1 Å². The molecule has 0 saturated heterocycles. The van der Waals surface area contributed by atoms with Crippen molar-refractivity contribution in [1.29, 1.82) is 0 Å². The van der Waals surface area contributed by atoms with Gasteiger partial charge in [-0.1, -0.05) is 0 Å². The van der Waals surface area contributed by atoms with Crippen LogP contribution in [0.1, 0.15) is 10.4 Å². The average molecular weight is 308 g/mol. The molecule has 0 aliphatic carbocycles. The van der Waals surface area contributed by atoms with Gasteiger partial charge in [0.2, 0.25) is 0 Å². The summed E-state index contributed by atoms with van der Waals surface area (Å²) in [6.07, 6.45) is 4.95. The van der Waals surface area contributed by atoms with Crippen LogP contribution in [0, 0.1) is 0 Å². The minimum atomic E-state index is -0.683. The van der Waals surface area contributed by atoms with E-state index in [1.54, 1.807) is 17.0 Å². The Kier molecular flexibility index (Phi) is 4.79. The Morgan fingerprint density at radius 3 is 2.90 bits per heavy atom. The Hall–Kier alpha value is -2.09. The van der Waals surface area contributed by atoms with Gasteiger partial charge in [0.1, 0.15) is 11.6 Å². The van der Waals surface area contributed by atoms with Crippen LogP contribution in [0.4, 0.5) is 0 Å². The molecule has 0 saturated carbocycles. The summed E-state index contributed by atoms with van der Waals surface area (Å²) in [5.41, 5.74) is 1.68. The molecule has 21 heavy (non-hydrogen) atoms. The maximum absolute atomic E-state index is 12.2. The fourth-order valence-electron chi connectivity index (χ4n) is 1.86. The largest absolute Gasteiger partial charge is 0.467 e. The molecule has 0 fully saturated rings. The molecule has 2 rings (SSSR count). The van der Waals surface area contributed by atoms with Crippen LogP contribution in [-0.2, 0) is 16.6 Å². The van der Waals surface area contributed by atoms with Crippen LogP contribution in [0.3, 0.4) is 0 Å². The van der Waals surface area contributed by atoms with Crippen LogP contribution in [0.5, 0.6) is 0 Å². The number of methoxy groups -OCH3 is 1. The van der Waals surface area contributed by atoms with Gasteiger partial charge in [-0.3, -0.25) is 4.79 Å². The first kappa shape index (κ1) is 15.3. The Bertz CT molecular complexity index is 670. The van der Waals surface area contributed by atoms with Gasteiger partial charge < -0.3 is 14.6 Å². The number of esters is 1. The zero-order valence-corrected chi connectivity index (χ0v) is 12.8. The predicted octanol–water partition coefficient (Wildman–Crippen LogP) is 0.603. The summed E-state index contributed by atoms with van der Waals surface area (Å²) in [6.45, 7) is 0. The van der Waals surface area contributed by atoms with Crippen molar-refractivity contribution in [1.82, 2.24) is 19.9 Å². The zero-order valence-electron chi connectivity index (χ0n) is 12.0. The minimum Gasteiger partial charge on any atom is -0.467 e. The van der Waals surface area contributed by atoms with Gasteiger partial charge in [0.15, 0.2) is 5.65 Å². The Labute approximate surface area is 126 Å². The van der Waals surface area contributed by atoms with Gasteiger partial charge in [0, 0.05) is 19.0 Å². The molecular formula is C13H16N4O3S. The molecule has 0 aliphatic rings. The van der Waals surface area contributed by atoms with E-state index in [0.29, 0.717) is 22.5 Å². The molecule has 1 amide bonds. The highest BCUT2D eigenvalue weighted by atomic mass is 32.2.